The van der Waals surface area contributed by atoms with E-state index in [1.807, 2.05) is 23.1 Å². The second kappa shape index (κ2) is 6.77. The van der Waals surface area contributed by atoms with E-state index in [1.54, 1.807) is 6.33 Å². The molecule has 1 unspecified atom stereocenters. The van der Waals surface area contributed by atoms with Crippen molar-refractivity contribution in [2.75, 3.05) is 13.1 Å². The molecule has 1 amide bonds. The fourth-order valence-electron chi connectivity index (χ4n) is 3.90. The molecule has 1 atom stereocenters. The van der Waals surface area contributed by atoms with Gasteiger partial charge in [0.1, 0.15) is 0 Å². The van der Waals surface area contributed by atoms with Crippen molar-refractivity contribution in [3.05, 3.63) is 53.6 Å². The van der Waals surface area contributed by atoms with Gasteiger partial charge in [-0.2, -0.15) is 0 Å². The minimum absolute atomic E-state index is 0.292. The monoisotopic (exact) mass is 324 g/mol. The number of benzene rings is 1. The van der Waals surface area contributed by atoms with Gasteiger partial charge in [-0.05, 0) is 18.4 Å². The van der Waals surface area contributed by atoms with Gasteiger partial charge < -0.3 is 9.88 Å². The molecule has 0 radical (unpaired) electrons. The number of aromatic nitrogens is 2. The number of hydrogen-bond donors (Lipinski definition) is 1. The summed E-state index contributed by atoms with van der Waals surface area (Å²) < 4.78 is 0. The highest BCUT2D eigenvalue weighted by Gasteiger charge is 2.29. The highest BCUT2D eigenvalue weighted by Crippen LogP contribution is 2.24. The number of nitrogens with one attached hydrogen (secondary N) is 1. The fraction of sp³-hybridized carbons (Fsp3) is 0.474. The van der Waals surface area contributed by atoms with Crippen molar-refractivity contribution >= 4 is 5.91 Å². The van der Waals surface area contributed by atoms with Crippen LogP contribution in [0.2, 0.25) is 0 Å². The average Bonchev–Trinajstić information content (AvgIpc) is 3.01. The van der Waals surface area contributed by atoms with Crippen LogP contribution >= 0.6 is 0 Å². The second-order valence-corrected chi connectivity index (χ2v) is 6.83. The molecule has 1 saturated heterocycles. The summed E-state index contributed by atoms with van der Waals surface area (Å²) in [5.74, 6) is 0.292. The van der Waals surface area contributed by atoms with E-state index >= 15 is 0 Å². The van der Waals surface area contributed by atoms with Gasteiger partial charge in [0.15, 0.2) is 0 Å². The smallest absolute Gasteiger partial charge is 0.222 e. The molecule has 1 aromatic heterocycles. The molecule has 4 rings (SSSR count). The number of fused-ring (bicyclic) bond motifs is 1. The van der Waals surface area contributed by atoms with Crippen LogP contribution in [0.3, 0.4) is 0 Å². The highest BCUT2D eigenvalue weighted by molar-refractivity contribution is 5.76. The van der Waals surface area contributed by atoms with Crippen molar-refractivity contribution in [3.63, 3.8) is 0 Å². The summed E-state index contributed by atoms with van der Waals surface area (Å²) in [5.41, 5.74) is 3.67. The normalized spacial score (nSPS) is 22.2. The van der Waals surface area contributed by atoms with Gasteiger partial charge in [-0.25, -0.2) is 4.98 Å². The molecular formula is C19H24N4O. The molecule has 126 valence electrons. The van der Waals surface area contributed by atoms with E-state index in [2.05, 4.69) is 27.0 Å². The van der Waals surface area contributed by atoms with E-state index in [-0.39, 0.29) is 0 Å². The van der Waals surface area contributed by atoms with E-state index in [0.717, 1.165) is 45.4 Å². The van der Waals surface area contributed by atoms with E-state index in [0.29, 0.717) is 18.4 Å². The van der Waals surface area contributed by atoms with Crippen LogP contribution in [0.25, 0.3) is 0 Å². The summed E-state index contributed by atoms with van der Waals surface area (Å²) >= 11 is 0. The maximum atomic E-state index is 12.5. The second-order valence-electron chi connectivity index (χ2n) is 6.83. The van der Waals surface area contributed by atoms with Gasteiger partial charge in [-0.3, -0.25) is 9.69 Å². The van der Waals surface area contributed by atoms with Gasteiger partial charge in [0.2, 0.25) is 5.91 Å². The van der Waals surface area contributed by atoms with Gasteiger partial charge in [-0.1, -0.05) is 30.3 Å². The minimum Gasteiger partial charge on any atom is -0.347 e. The van der Waals surface area contributed by atoms with Gasteiger partial charge in [-0.15, -0.1) is 0 Å². The zero-order chi connectivity index (χ0) is 16.4. The molecule has 5 nitrogen and oxygen atoms in total. The van der Waals surface area contributed by atoms with Crippen molar-refractivity contribution in [2.45, 2.75) is 44.8 Å². The third-order valence-electron chi connectivity index (χ3n) is 5.31. The van der Waals surface area contributed by atoms with Crippen LogP contribution in [0.15, 0.2) is 36.7 Å². The molecule has 5 heteroatoms. The van der Waals surface area contributed by atoms with Crippen LogP contribution in [-0.2, 0) is 24.3 Å². The predicted octanol–water partition coefficient (Wildman–Crippen LogP) is 2.35. The third-order valence-corrected chi connectivity index (χ3v) is 5.31. The standard InChI is InChI=1S/C19H24N4O/c24-19-7-6-16(22-11-9-17-18(13-22)21-14-20-17)8-10-23(19)12-15-4-2-1-3-5-15/h1-5,14,16H,6-13H2,(H,20,21). The number of nitrogens with zero attached hydrogens (tertiary/aromatic N) is 3. The summed E-state index contributed by atoms with van der Waals surface area (Å²) in [6.45, 7) is 3.57. The molecule has 1 aromatic carbocycles. The van der Waals surface area contributed by atoms with E-state index in [4.69, 9.17) is 0 Å². The zero-order valence-corrected chi connectivity index (χ0v) is 13.9. The molecule has 3 heterocycles. The van der Waals surface area contributed by atoms with Crippen molar-refractivity contribution < 1.29 is 4.79 Å². The number of H-pyrrole nitrogens is 1. The summed E-state index contributed by atoms with van der Waals surface area (Å²) in [5, 5.41) is 0. The molecular weight excluding hydrogens is 300 g/mol. The molecule has 0 bridgehead atoms. The lowest BCUT2D eigenvalue weighted by atomic mass is 10.0. The number of rotatable bonds is 3. The molecule has 2 aromatic rings. The molecule has 24 heavy (non-hydrogen) atoms. The van der Waals surface area contributed by atoms with Crippen molar-refractivity contribution in [3.8, 4) is 0 Å². The molecule has 1 N–H and O–H groups in total. The summed E-state index contributed by atoms with van der Waals surface area (Å²) in [6, 6.07) is 10.8. The van der Waals surface area contributed by atoms with Crippen LogP contribution in [0.1, 0.15) is 36.2 Å². The lowest BCUT2D eigenvalue weighted by Gasteiger charge is -2.33. The van der Waals surface area contributed by atoms with Crippen molar-refractivity contribution in [1.29, 1.82) is 0 Å². The van der Waals surface area contributed by atoms with Gasteiger partial charge in [0.25, 0.3) is 0 Å². The minimum atomic E-state index is 0.292. The average molecular weight is 324 g/mol. The summed E-state index contributed by atoms with van der Waals surface area (Å²) in [7, 11) is 0. The predicted molar refractivity (Wildman–Crippen MR) is 92.2 cm³/mol. The maximum Gasteiger partial charge on any atom is 0.222 e. The first-order valence-electron chi connectivity index (χ1n) is 8.86. The summed E-state index contributed by atoms with van der Waals surface area (Å²) in [4.78, 5) is 24.7. The molecule has 0 spiro atoms. The number of imidazole rings is 1. The number of amides is 1. The first kappa shape index (κ1) is 15.4. The van der Waals surface area contributed by atoms with Crippen LogP contribution in [-0.4, -0.2) is 44.8 Å². The number of carbonyl (C=O) groups is 1. The Labute approximate surface area is 142 Å². The summed E-state index contributed by atoms with van der Waals surface area (Å²) in [6.07, 6.45) is 5.49. The first-order chi connectivity index (χ1) is 11.8. The van der Waals surface area contributed by atoms with Crippen LogP contribution in [0, 0.1) is 0 Å². The Kier molecular flexibility index (Phi) is 4.34. The van der Waals surface area contributed by atoms with Gasteiger partial charge >= 0.3 is 0 Å². The lowest BCUT2D eigenvalue weighted by molar-refractivity contribution is -0.131. The fourth-order valence-corrected chi connectivity index (χ4v) is 3.90. The van der Waals surface area contributed by atoms with Crippen LogP contribution in [0.5, 0.6) is 0 Å². The lowest BCUT2D eigenvalue weighted by Crippen LogP contribution is -2.40. The van der Waals surface area contributed by atoms with Crippen LogP contribution < -0.4 is 0 Å². The van der Waals surface area contributed by atoms with Crippen molar-refractivity contribution in [1.82, 2.24) is 19.8 Å². The van der Waals surface area contributed by atoms with Gasteiger partial charge in [0.05, 0.1) is 17.7 Å². The van der Waals surface area contributed by atoms with E-state index in [9.17, 15) is 4.79 Å². The Morgan fingerprint density at radius 2 is 2.00 bits per heavy atom. The Morgan fingerprint density at radius 3 is 2.88 bits per heavy atom. The molecule has 0 aliphatic carbocycles. The third kappa shape index (κ3) is 3.22. The zero-order valence-electron chi connectivity index (χ0n) is 13.9. The SMILES string of the molecule is O=C1CCC(N2CCc3nc[nH]c3C2)CCN1Cc1ccccc1. The van der Waals surface area contributed by atoms with Gasteiger partial charge in [0, 0.05) is 45.1 Å². The number of aromatic amines is 1. The quantitative estimate of drug-likeness (QED) is 0.943. The first-order valence-corrected chi connectivity index (χ1v) is 8.86. The molecule has 0 saturated carbocycles. The highest BCUT2D eigenvalue weighted by atomic mass is 16.2. The maximum absolute atomic E-state index is 12.5. The Bertz CT molecular complexity index is 696. The molecule has 1 fully saturated rings. The Hall–Kier alpha value is -2.14. The Balaban J connectivity index is 1.40. The van der Waals surface area contributed by atoms with Crippen molar-refractivity contribution in [2.24, 2.45) is 0 Å². The number of carbonyl (C=O) groups excluding carboxylic acids is 1. The number of hydrogen-bond acceptors (Lipinski definition) is 3. The topological polar surface area (TPSA) is 52.2 Å². The van der Waals surface area contributed by atoms with E-state index in [1.165, 1.54) is 17.0 Å². The van der Waals surface area contributed by atoms with E-state index < -0.39 is 0 Å². The largest absolute Gasteiger partial charge is 0.347 e. The molecule has 2 aliphatic rings. The number of likely N-dealkylation sites (tertiary alicyclic amines) is 1. The van der Waals surface area contributed by atoms with Crippen LogP contribution in [0.4, 0.5) is 0 Å². The molecule has 2 aliphatic heterocycles. The Morgan fingerprint density at radius 1 is 1.12 bits per heavy atom.